The van der Waals surface area contributed by atoms with Crippen molar-refractivity contribution in [1.82, 2.24) is 31.1 Å². The number of nitrogens with zero attached hydrogens (tertiary/aromatic N) is 3. The molecule has 6 amide bonds. The minimum absolute atomic E-state index is 0.0796. The van der Waals surface area contributed by atoms with E-state index in [0.29, 0.717) is 71.4 Å². The van der Waals surface area contributed by atoms with Gasteiger partial charge in [0.15, 0.2) is 6.61 Å². The van der Waals surface area contributed by atoms with Crippen molar-refractivity contribution in [2.75, 3.05) is 52.9 Å². The zero-order chi connectivity index (χ0) is 43.2. The maximum absolute atomic E-state index is 12.8. The van der Waals surface area contributed by atoms with E-state index in [1.54, 1.807) is 95.0 Å². The molecule has 0 aliphatic carbocycles. The predicted molar refractivity (Wildman–Crippen MR) is 212 cm³/mol. The number of carbonyl (C=O) groups excluding carboxylic acids is 6. The van der Waals surface area contributed by atoms with Gasteiger partial charge in [-0.3, -0.25) is 20.4 Å². The van der Waals surface area contributed by atoms with Crippen molar-refractivity contribution in [2.24, 2.45) is 4.99 Å². The van der Waals surface area contributed by atoms with Gasteiger partial charge in [0.1, 0.15) is 22.4 Å². The maximum atomic E-state index is 12.8. The fourth-order valence-electron chi connectivity index (χ4n) is 4.35. The van der Waals surface area contributed by atoms with Crippen LogP contribution in [0.25, 0.3) is 0 Å². The summed E-state index contributed by atoms with van der Waals surface area (Å²) in [5.41, 5.74) is -2.75. The van der Waals surface area contributed by atoms with Gasteiger partial charge >= 0.3 is 30.5 Å². The molecule has 0 fully saturated rings. The summed E-state index contributed by atoms with van der Waals surface area (Å²) in [5, 5.41) is 10.3. The van der Waals surface area contributed by atoms with Gasteiger partial charge < -0.3 is 44.1 Å². The molecule has 56 heavy (non-hydrogen) atoms. The van der Waals surface area contributed by atoms with Crippen LogP contribution in [-0.4, -0.2) is 127 Å². The first-order chi connectivity index (χ1) is 25.7. The van der Waals surface area contributed by atoms with Crippen molar-refractivity contribution in [3.05, 3.63) is 0 Å². The van der Waals surface area contributed by atoms with Gasteiger partial charge in [-0.05, 0) is 115 Å². The summed E-state index contributed by atoms with van der Waals surface area (Å²) in [4.78, 5) is 81.1. The molecule has 0 aromatic rings. The highest BCUT2D eigenvalue weighted by Crippen LogP contribution is 2.12. The lowest BCUT2D eigenvalue weighted by molar-refractivity contribution is -0.124. The monoisotopic (exact) mass is 802 g/mol. The van der Waals surface area contributed by atoms with Gasteiger partial charge in [0.05, 0.1) is 0 Å². The number of alkyl carbamates (subject to hydrolysis) is 3. The number of guanidine groups is 1. The Labute approximate surface area is 333 Å². The molecule has 4 N–H and O–H groups in total. The van der Waals surface area contributed by atoms with Gasteiger partial charge in [-0.15, -0.1) is 0 Å². The Hall–Kier alpha value is -4.51. The lowest BCUT2D eigenvalue weighted by atomic mass is 10.2. The van der Waals surface area contributed by atoms with Gasteiger partial charge in [0.25, 0.3) is 5.91 Å². The van der Waals surface area contributed by atoms with Crippen LogP contribution in [0.1, 0.15) is 128 Å². The second kappa shape index (κ2) is 24.9. The number of amides is 6. The van der Waals surface area contributed by atoms with E-state index in [1.807, 2.05) is 0 Å². The Morgan fingerprint density at radius 2 is 0.982 bits per heavy atom. The Morgan fingerprint density at radius 1 is 0.518 bits per heavy atom. The van der Waals surface area contributed by atoms with E-state index in [4.69, 9.17) is 23.7 Å². The van der Waals surface area contributed by atoms with Crippen LogP contribution >= 0.6 is 0 Å². The van der Waals surface area contributed by atoms with E-state index in [2.05, 4.69) is 26.3 Å². The first kappa shape index (κ1) is 51.5. The van der Waals surface area contributed by atoms with E-state index in [0.717, 1.165) is 12.8 Å². The van der Waals surface area contributed by atoms with Gasteiger partial charge in [-0.2, -0.15) is 0 Å². The minimum atomic E-state index is -0.764. The molecule has 0 aliphatic rings. The van der Waals surface area contributed by atoms with Crippen LogP contribution in [0.3, 0.4) is 0 Å². The molecule has 18 heteroatoms. The third-order valence-corrected chi connectivity index (χ3v) is 6.65. The normalized spacial score (nSPS) is 11.7. The summed E-state index contributed by atoms with van der Waals surface area (Å²) in [7, 11) is 1.57. The summed E-state index contributed by atoms with van der Waals surface area (Å²) < 4.78 is 26.4. The molecule has 0 spiro atoms. The van der Waals surface area contributed by atoms with Crippen LogP contribution in [0.5, 0.6) is 0 Å². The highest BCUT2D eigenvalue weighted by Gasteiger charge is 2.23. The van der Waals surface area contributed by atoms with E-state index in [9.17, 15) is 28.8 Å². The molecule has 0 aromatic heterocycles. The van der Waals surface area contributed by atoms with Gasteiger partial charge in [-0.25, -0.2) is 24.0 Å². The third-order valence-electron chi connectivity index (χ3n) is 6.65. The number of aliphatic imine (C=N–C) groups is 1. The van der Waals surface area contributed by atoms with Gasteiger partial charge in [0.2, 0.25) is 5.96 Å². The van der Waals surface area contributed by atoms with Gasteiger partial charge in [0, 0.05) is 46.3 Å². The summed E-state index contributed by atoms with van der Waals surface area (Å²) in [6.07, 6.45) is 1.38. The molecule has 324 valence electrons. The molecule has 0 saturated heterocycles. The SMILES string of the molecule is CN(CCCCN(CCCNC(=O)OC(C)(C)C)C(=O)OC(C)(C)C)C(=O)OCC(=O)NCCCCCCN=C(NC(=O)OC(C)(C)C)NC(=O)OC(C)(C)C. The Kier molecular flexibility index (Phi) is 22.9. The molecule has 0 aliphatic heterocycles. The van der Waals surface area contributed by atoms with Crippen molar-refractivity contribution < 1.29 is 52.5 Å². The predicted octanol–water partition coefficient (Wildman–Crippen LogP) is 6.07. The second-order valence-electron chi connectivity index (χ2n) is 17.2. The van der Waals surface area contributed by atoms with Crippen molar-refractivity contribution in [3.63, 3.8) is 0 Å². The van der Waals surface area contributed by atoms with Crippen LogP contribution in [-0.2, 0) is 28.5 Å². The fourth-order valence-corrected chi connectivity index (χ4v) is 4.35. The number of hydrogen-bond donors (Lipinski definition) is 4. The lowest BCUT2D eigenvalue weighted by Gasteiger charge is -2.28. The van der Waals surface area contributed by atoms with Crippen LogP contribution in [0, 0.1) is 0 Å². The molecule has 0 bridgehead atoms. The fraction of sp³-hybridized carbons (Fsp3) is 0.816. The average molecular weight is 802 g/mol. The summed E-state index contributed by atoms with van der Waals surface area (Å²) >= 11 is 0. The summed E-state index contributed by atoms with van der Waals surface area (Å²) in [5.74, 6) is -0.499. The lowest BCUT2D eigenvalue weighted by Crippen LogP contribution is -2.47. The number of hydrogen-bond acceptors (Lipinski definition) is 12. The molecule has 0 atom stereocenters. The number of nitrogens with one attached hydrogen (secondary N) is 4. The molecule has 18 nitrogen and oxygen atoms in total. The topological polar surface area (TPSA) is 216 Å². The molecule has 0 radical (unpaired) electrons. The summed E-state index contributed by atoms with van der Waals surface area (Å²) in [6, 6.07) is 0. The second-order valence-corrected chi connectivity index (χ2v) is 17.2. The van der Waals surface area contributed by atoms with Crippen molar-refractivity contribution in [1.29, 1.82) is 0 Å². The quantitative estimate of drug-likeness (QED) is 0.0540. The zero-order valence-electron chi connectivity index (χ0n) is 36.2. The van der Waals surface area contributed by atoms with Crippen molar-refractivity contribution >= 4 is 42.3 Å². The zero-order valence-corrected chi connectivity index (χ0v) is 36.2. The number of unbranched alkanes of at least 4 members (excludes halogenated alkanes) is 4. The Morgan fingerprint density at radius 3 is 1.52 bits per heavy atom. The first-order valence-electron chi connectivity index (χ1n) is 19.3. The molecule has 0 heterocycles. The van der Waals surface area contributed by atoms with E-state index in [1.165, 1.54) is 4.90 Å². The van der Waals surface area contributed by atoms with Crippen LogP contribution in [0.4, 0.5) is 24.0 Å². The highest BCUT2D eigenvalue weighted by atomic mass is 16.6. The van der Waals surface area contributed by atoms with E-state index in [-0.39, 0.29) is 5.96 Å². The van der Waals surface area contributed by atoms with Crippen molar-refractivity contribution in [2.45, 2.75) is 150 Å². The molecule has 0 unspecified atom stereocenters. The Balaban J connectivity index is 4.53. The number of rotatable bonds is 18. The minimum Gasteiger partial charge on any atom is -0.444 e. The molecular weight excluding hydrogens is 730 g/mol. The smallest absolute Gasteiger partial charge is 0.414 e. The van der Waals surface area contributed by atoms with Crippen molar-refractivity contribution in [3.8, 4) is 0 Å². The summed E-state index contributed by atoms with van der Waals surface area (Å²) in [6.45, 7) is 22.7. The molecule has 0 aromatic carbocycles. The van der Waals surface area contributed by atoms with Crippen LogP contribution in [0.2, 0.25) is 0 Å². The molecule has 0 rings (SSSR count). The van der Waals surface area contributed by atoms with E-state index < -0.39 is 65.4 Å². The molecular formula is C38H71N7O11. The number of carbonyl (C=O) groups is 6. The first-order valence-corrected chi connectivity index (χ1v) is 19.3. The number of ether oxygens (including phenoxy) is 5. The van der Waals surface area contributed by atoms with Crippen LogP contribution < -0.4 is 21.3 Å². The van der Waals surface area contributed by atoms with Gasteiger partial charge in [-0.1, -0.05) is 12.8 Å². The highest BCUT2D eigenvalue weighted by molar-refractivity contribution is 6.01. The largest absolute Gasteiger partial charge is 0.444 e. The third kappa shape index (κ3) is 30.8. The molecule has 0 saturated carbocycles. The van der Waals surface area contributed by atoms with E-state index >= 15 is 0 Å². The standard InChI is InChI=1S/C38H71N7O11/c1-35(2,3)53-30(47)41-23-20-26-45(34(51)56-38(10,11)12)25-19-18-24-44(13)33(50)52-27-28(46)39-21-16-14-15-17-22-40-29(42-31(48)54-36(4,5)6)43-32(49)55-37(7,8)9/h14-27H2,1-13H3,(H,39,46)(H,41,47)(H2,40,42,43,48,49). The maximum Gasteiger partial charge on any atom is 0.414 e. The Bertz CT molecular complexity index is 1250. The average Bonchev–Trinajstić information content (AvgIpc) is 3.00. The van der Waals surface area contributed by atoms with Crippen LogP contribution in [0.15, 0.2) is 4.99 Å².